The first kappa shape index (κ1) is 12.9. The number of fused-ring (bicyclic) bond motifs is 1. The molecule has 0 spiro atoms. The lowest BCUT2D eigenvalue weighted by atomic mass is 10.2. The number of rotatable bonds is 3. The predicted molar refractivity (Wildman–Crippen MR) is 81.8 cm³/mol. The minimum Gasteiger partial charge on any atom is -0.477 e. The van der Waals surface area contributed by atoms with Crippen molar-refractivity contribution in [3.8, 4) is 0 Å². The Hall–Kier alpha value is -2.07. The van der Waals surface area contributed by atoms with Crippen LogP contribution in [-0.4, -0.2) is 15.6 Å². The Labute approximate surface area is 121 Å². The fourth-order valence-electron chi connectivity index (χ4n) is 2.51. The predicted octanol–water partition coefficient (Wildman–Crippen LogP) is 4.07. The van der Waals surface area contributed by atoms with Gasteiger partial charge in [-0.1, -0.05) is 18.2 Å². The van der Waals surface area contributed by atoms with Gasteiger partial charge in [-0.2, -0.15) is 0 Å². The number of aromatic nitrogens is 1. The van der Waals surface area contributed by atoms with E-state index >= 15 is 0 Å². The summed E-state index contributed by atoms with van der Waals surface area (Å²) in [5.74, 6) is -0.849. The van der Waals surface area contributed by atoms with E-state index in [4.69, 9.17) is 5.11 Å². The molecule has 0 unspecified atom stereocenters. The number of carbonyl (C=O) groups is 1. The molecule has 3 nitrogen and oxygen atoms in total. The SMILES string of the molecule is Cc1sc(C(=O)O)cc1Cn1c(C)cc2ccccc21. The number of aryl methyl sites for hydroxylation is 2. The van der Waals surface area contributed by atoms with Gasteiger partial charge in [0.05, 0.1) is 0 Å². The summed E-state index contributed by atoms with van der Waals surface area (Å²) < 4.78 is 2.23. The molecule has 3 rings (SSSR count). The van der Waals surface area contributed by atoms with Gasteiger partial charge in [0.2, 0.25) is 0 Å². The van der Waals surface area contributed by atoms with Crippen LogP contribution in [0.2, 0.25) is 0 Å². The van der Waals surface area contributed by atoms with Crippen LogP contribution in [0.15, 0.2) is 36.4 Å². The highest BCUT2D eigenvalue weighted by Gasteiger charge is 2.13. The van der Waals surface area contributed by atoms with Crippen LogP contribution in [0.25, 0.3) is 10.9 Å². The van der Waals surface area contributed by atoms with Gasteiger partial charge in [0.15, 0.2) is 0 Å². The highest BCUT2D eigenvalue weighted by Crippen LogP contribution is 2.26. The molecular weight excluding hydrogens is 270 g/mol. The number of para-hydroxylation sites is 1. The third-order valence-electron chi connectivity index (χ3n) is 3.58. The number of hydrogen-bond donors (Lipinski definition) is 1. The first-order chi connectivity index (χ1) is 9.56. The second-order valence-corrected chi connectivity index (χ2v) is 6.18. The van der Waals surface area contributed by atoms with Crippen molar-refractivity contribution in [1.82, 2.24) is 4.57 Å². The van der Waals surface area contributed by atoms with Crippen molar-refractivity contribution in [1.29, 1.82) is 0 Å². The number of carboxylic acids is 1. The van der Waals surface area contributed by atoms with E-state index in [1.807, 2.05) is 19.1 Å². The smallest absolute Gasteiger partial charge is 0.345 e. The Morgan fingerprint density at radius 2 is 2.00 bits per heavy atom. The number of hydrogen-bond acceptors (Lipinski definition) is 2. The lowest BCUT2D eigenvalue weighted by Gasteiger charge is -2.08. The van der Waals surface area contributed by atoms with Crippen LogP contribution in [0.1, 0.15) is 25.8 Å². The highest BCUT2D eigenvalue weighted by atomic mass is 32.1. The third-order valence-corrected chi connectivity index (χ3v) is 4.66. The molecule has 0 amide bonds. The number of nitrogens with zero attached hydrogens (tertiary/aromatic N) is 1. The van der Waals surface area contributed by atoms with E-state index in [1.54, 1.807) is 6.07 Å². The van der Waals surface area contributed by atoms with Crippen molar-refractivity contribution in [3.63, 3.8) is 0 Å². The average molecular weight is 285 g/mol. The quantitative estimate of drug-likeness (QED) is 0.788. The highest BCUT2D eigenvalue weighted by molar-refractivity contribution is 7.14. The molecule has 0 bridgehead atoms. The molecule has 0 radical (unpaired) electrons. The van der Waals surface area contributed by atoms with E-state index in [0.717, 1.165) is 17.0 Å². The van der Waals surface area contributed by atoms with E-state index in [2.05, 4.69) is 29.7 Å². The fourth-order valence-corrected chi connectivity index (χ4v) is 3.38. The van der Waals surface area contributed by atoms with Crippen molar-refractivity contribution < 1.29 is 9.90 Å². The van der Waals surface area contributed by atoms with Crippen LogP contribution in [0.5, 0.6) is 0 Å². The van der Waals surface area contributed by atoms with Gasteiger partial charge in [0.1, 0.15) is 4.88 Å². The number of benzene rings is 1. The molecule has 2 heterocycles. The van der Waals surface area contributed by atoms with Crippen LogP contribution in [0.3, 0.4) is 0 Å². The van der Waals surface area contributed by atoms with Gasteiger partial charge in [-0.05, 0) is 43.0 Å². The van der Waals surface area contributed by atoms with Gasteiger partial charge in [-0.15, -0.1) is 11.3 Å². The van der Waals surface area contributed by atoms with E-state index < -0.39 is 5.97 Å². The van der Waals surface area contributed by atoms with E-state index in [-0.39, 0.29) is 0 Å². The van der Waals surface area contributed by atoms with Gasteiger partial charge < -0.3 is 9.67 Å². The molecule has 0 aliphatic carbocycles. The van der Waals surface area contributed by atoms with Crippen LogP contribution in [0, 0.1) is 13.8 Å². The summed E-state index contributed by atoms with van der Waals surface area (Å²) in [7, 11) is 0. The largest absolute Gasteiger partial charge is 0.477 e. The zero-order valence-corrected chi connectivity index (χ0v) is 12.2. The topological polar surface area (TPSA) is 42.2 Å². The van der Waals surface area contributed by atoms with Crippen LogP contribution >= 0.6 is 11.3 Å². The molecule has 4 heteroatoms. The molecule has 3 aromatic rings. The van der Waals surface area contributed by atoms with Crippen molar-refractivity contribution in [2.75, 3.05) is 0 Å². The number of thiophene rings is 1. The van der Waals surface area contributed by atoms with Crippen molar-refractivity contribution in [2.45, 2.75) is 20.4 Å². The second kappa shape index (κ2) is 4.80. The number of aromatic carboxylic acids is 1. The van der Waals surface area contributed by atoms with Crippen molar-refractivity contribution in [2.24, 2.45) is 0 Å². The zero-order valence-electron chi connectivity index (χ0n) is 11.4. The van der Waals surface area contributed by atoms with Gasteiger partial charge in [0, 0.05) is 22.6 Å². The summed E-state index contributed by atoms with van der Waals surface area (Å²) in [6, 6.07) is 12.2. The maximum absolute atomic E-state index is 11.1. The van der Waals surface area contributed by atoms with E-state index in [1.165, 1.54) is 27.9 Å². The van der Waals surface area contributed by atoms with Gasteiger partial charge >= 0.3 is 5.97 Å². The Morgan fingerprint density at radius 1 is 1.25 bits per heavy atom. The standard InChI is InChI=1S/C16H15NO2S/c1-10-7-12-5-3-4-6-14(12)17(10)9-13-8-15(16(18)19)20-11(13)2/h3-8H,9H2,1-2H3,(H,18,19). The Balaban J connectivity index is 2.05. The van der Waals surface area contributed by atoms with Gasteiger partial charge in [0.25, 0.3) is 0 Å². The monoisotopic (exact) mass is 285 g/mol. The summed E-state index contributed by atoms with van der Waals surface area (Å²) in [4.78, 5) is 12.5. The lowest BCUT2D eigenvalue weighted by Crippen LogP contribution is -2.01. The lowest BCUT2D eigenvalue weighted by molar-refractivity contribution is 0.0702. The summed E-state index contributed by atoms with van der Waals surface area (Å²) >= 11 is 1.34. The minimum absolute atomic E-state index is 0.409. The molecule has 2 aromatic heterocycles. The van der Waals surface area contributed by atoms with Crippen molar-refractivity contribution in [3.05, 3.63) is 57.4 Å². The summed E-state index contributed by atoms with van der Waals surface area (Å²) in [5.41, 5.74) is 3.46. The summed E-state index contributed by atoms with van der Waals surface area (Å²) in [6.07, 6.45) is 0. The van der Waals surface area contributed by atoms with Crippen LogP contribution in [0.4, 0.5) is 0 Å². The van der Waals surface area contributed by atoms with E-state index in [9.17, 15) is 4.79 Å². The summed E-state index contributed by atoms with van der Waals surface area (Å²) in [6.45, 7) is 4.78. The first-order valence-electron chi connectivity index (χ1n) is 6.44. The molecule has 0 saturated heterocycles. The Bertz CT molecular complexity index is 798. The second-order valence-electron chi connectivity index (χ2n) is 4.93. The van der Waals surface area contributed by atoms with Gasteiger partial charge in [-0.25, -0.2) is 4.79 Å². The molecule has 0 aliphatic heterocycles. The van der Waals surface area contributed by atoms with Crippen molar-refractivity contribution >= 4 is 28.2 Å². The van der Waals surface area contributed by atoms with E-state index in [0.29, 0.717) is 4.88 Å². The molecule has 1 N–H and O–H groups in total. The number of carboxylic acid groups (broad SMARTS) is 1. The Morgan fingerprint density at radius 3 is 2.70 bits per heavy atom. The molecule has 0 aliphatic rings. The summed E-state index contributed by atoms with van der Waals surface area (Å²) in [5, 5.41) is 10.3. The maximum Gasteiger partial charge on any atom is 0.345 e. The van der Waals surface area contributed by atoms with Crippen LogP contribution in [-0.2, 0) is 6.54 Å². The zero-order chi connectivity index (χ0) is 14.3. The molecule has 0 atom stereocenters. The molecule has 102 valence electrons. The van der Waals surface area contributed by atoms with Crippen LogP contribution < -0.4 is 0 Å². The Kier molecular flexibility index (Phi) is 3.10. The van der Waals surface area contributed by atoms with Gasteiger partial charge in [-0.3, -0.25) is 0 Å². The third kappa shape index (κ3) is 2.12. The average Bonchev–Trinajstić information content (AvgIpc) is 2.92. The maximum atomic E-state index is 11.1. The molecule has 0 fully saturated rings. The molecular formula is C16H15NO2S. The molecule has 0 saturated carbocycles. The minimum atomic E-state index is -0.849. The molecule has 20 heavy (non-hydrogen) atoms. The normalized spacial score (nSPS) is 11.1. The fraction of sp³-hybridized carbons (Fsp3) is 0.188. The first-order valence-corrected chi connectivity index (χ1v) is 7.25. The molecule has 1 aromatic carbocycles.